The Morgan fingerprint density at radius 2 is 2.21 bits per heavy atom. The minimum Gasteiger partial charge on any atom is -0.385 e. The topological polar surface area (TPSA) is 15.3 Å². The Morgan fingerprint density at radius 3 is 2.95 bits per heavy atom. The van der Waals surface area contributed by atoms with E-state index in [1.807, 2.05) is 11.8 Å². The van der Waals surface area contributed by atoms with Crippen LogP contribution < -0.4 is 5.32 Å². The summed E-state index contributed by atoms with van der Waals surface area (Å²) in [7, 11) is 2.29. The quantitative estimate of drug-likeness (QED) is 0.855. The van der Waals surface area contributed by atoms with Crippen molar-refractivity contribution in [2.75, 3.05) is 37.5 Å². The molecule has 1 aliphatic rings. The van der Waals surface area contributed by atoms with E-state index in [4.69, 9.17) is 0 Å². The lowest BCUT2D eigenvalue weighted by molar-refractivity contribution is 0.236. The number of fused-ring (bicyclic) bond motifs is 1. The zero-order valence-corrected chi connectivity index (χ0v) is 13.2. The van der Waals surface area contributed by atoms with Crippen LogP contribution in [-0.4, -0.2) is 43.1 Å². The Morgan fingerprint density at radius 1 is 1.42 bits per heavy atom. The van der Waals surface area contributed by atoms with Crippen molar-refractivity contribution >= 4 is 17.4 Å². The summed E-state index contributed by atoms with van der Waals surface area (Å²) in [6, 6.07) is 9.49. The third-order valence-electron chi connectivity index (χ3n) is 4.17. The predicted molar refractivity (Wildman–Crippen MR) is 87.4 cm³/mol. The van der Waals surface area contributed by atoms with Gasteiger partial charge in [0, 0.05) is 36.5 Å². The Hall–Kier alpha value is -0.670. The third kappa shape index (κ3) is 3.67. The smallest absolute Gasteiger partial charge is 0.0376 e. The van der Waals surface area contributed by atoms with E-state index in [0.717, 1.165) is 6.54 Å². The van der Waals surface area contributed by atoms with E-state index in [0.29, 0.717) is 12.0 Å². The lowest BCUT2D eigenvalue weighted by Crippen LogP contribution is -2.37. The van der Waals surface area contributed by atoms with Gasteiger partial charge >= 0.3 is 0 Å². The fourth-order valence-corrected chi connectivity index (χ4v) is 3.86. The number of likely N-dealkylation sites (N-methyl/N-ethyl adjacent to an activating group) is 1. The van der Waals surface area contributed by atoms with E-state index < -0.39 is 0 Å². The van der Waals surface area contributed by atoms with Gasteiger partial charge in [-0.25, -0.2) is 0 Å². The molecule has 0 aliphatic carbocycles. The molecule has 19 heavy (non-hydrogen) atoms. The number of benzene rings is 1. The molecule has 2 unspecified atom stereocenters. The predicted octanol–water partition coefficient (Wildman–Crippen LogP) is 3.66. The molecule has 0 saturated carbocycles. The first kappa shape index (κ1) is 14.7. The summed E-state index contributed by atoms with van der Waals surface area (Å²) in [6.07, 6.45) is 4.69. The molecule has 2 nitrogen and oxygen atoms in total. The second-order valence-corrected chi connectivity index (χ2v) is 6.37. The average molecular weight is 278 g/mol. The Bertz CT molecular complexity index is 394. The molecule has 0 bridgehead atoms. The van der Waals surface area contributed by atoms with Gasteiger partial charge < -0.3 is 10.2 Å². The number of nitrogens with zero attached hydrogens (tertiary/aromatic N) is 1. The maximum atomic E-state index is 3.51. The fourth-order valence-electron chi connectivity index (χ4n) is 2.99. The second kappa shape index (κ2) is 7.20. The van der Waals surface area contributed by atoms with Crippen molar-refractivity contribution in [2.24, 2.45) is 0 Å². The highest BCUT2D eigenvalue weighted by Gasteiger charge is 2.23. The Labute approximate surface area is 122 Å². The van der Waals surface area contributed by atoms with Crippen LogP contribution in [0.1, 0.15) is 31.2 Å². The van der Waals surface area contributed by atoms with Gasteiger partial charge in [-0.05, 0) is 37.8 Å². The largest absolute Gasteiger partial charge is 0.385 e. The normalized spacial score (nSPS) is 19.9. The van der Waals surface area contributed by atoms with Crippen molar-refractivity contribution in [2.45, 2.75) is 31.7 Å². The summed E-state index contributed by atoms with van der Waals surface area (Å²) < 4.78 is 0. The van der Waals surface area contributed by atoms with Crippen LogP contribution >= 0.6 is 11.8 Å². The van der Waals surface area contributed by atoms with Crippen LogP contribution in [0.5, 0.6) is 0 Å². The molecule has 0 amide bonds. The second-order valence-electron chi connectivity index (χ2n) is 5.46. The SMILES string of the molecule is CCC(CSC)N(C)CC1CCNc2ccccc21. The minimum atomic E-state index is 0.679. The first-order valence-corrected chi connectivity index (χ1v) is 8.67. The molecule has 1 aromatic carbocycles. The first-order valence-electron chi connectivity index (χ1n) is 7.28. The molecule has 0 spiro atoms. The van der Waals surface area contributed by atoms with Gasteiger partial charge in [-0.3, -0.25) is 0 Å². The van der Waals surface area contributed by atoms with Gasteiger partial charge in [0.2, 0.25) is 0 Å². The van der Waals surface area contributed by atoms with Crippen molar-refractivity contribution in [3.63, 3.8) is 0 Å². The van der Waals surface area contributed by atoms with E-state index in [9.17, 15) is 0 Å². The van der Waals surface area contributed by atoms with Crippen molar-refractivity contribution in [3.05, 3.63) is 29.8 Å². The fraction of sp³-hybridized carbons (Fsp3) is 0.625. The summed E-state index contributed by atoms with van der Waals surface area (Å²) >= 11 is 1.96. The van der Waals surface area contributed by atoms with Crippen LogP contribution in [0.4, 0.5) is 5.69 Å². The highest BCUT2D eigenvalue weighted by atomic mass is 32.2. The number of nitrogens with one attached hydrogen (secondary N) is 1. The monoisotopic (exact) mass is 278 g/mol. The Balaban J connectivity index is 2.03. The summed E-state index contributed by atoms with van der Waals surface area (Å²) in [5.41, 5.74) is 2.84. The van der Waals surface area contributed by atoms with Crippen molar-refractivity contribution < 1.29 is 0 Å². The van der Waals surface area contributed by atoms with E-state index in [-0.39, 0.29) is 0 Å². The lowest BCUT2D eigenvalue weighted by Gasteiger charge is -2.33. The molecule has 106 valence electrons. The highest BCUT2D eigenvalue weighted by Crippen LogP contribution is 2.32. The summed E-state index contributed by atoms with van der Waals surface area (Å²) in [5, 5.41) is 3.51. The molecule has 0 saturated heterocycles. The van der Waals surface area contributed by atoms with Gasteiger partial charge in [-0.15, -0.1) is 0 Å². The van der Waals surface area contributed by atoms with Gasteiger partial charge in [0.25, 0.3) is 0 Å². The number of anilines is 1. The molecular weight excluding hydrogens is 252 g/mol. The average Bonchev–Trinajstić information content (AvgIpc) is 2.45. The lowest BCUT2D eigenvalue weighted by atomic mass is 9.90. The van der Waals surface area contributed by atoms with E-state index in [1.165, 1.54) is 36.4 Å². The number of hydrogen-bond acceptors (Lipinski definition) is 3. The molecule has 1 aliphatic heterocycles. The summed E-state index contributed by atoms with van der Waals surface area (Å²) in [4.78, 5) is 2.56. The van der Waals surface area contributed by atoms with Crippen molar-refractivity contribution in [3.8, 4) is 0 Å². The van der Waals surface area contributed by atoms with E-state index in [2.05, 4.69) is 54.7 Å². The zero-order valence-electron chi connectivity index (χ0n) is 12.4. The molecule has 1 aromatic rings. The summed E-state index contributed by atoms with van der Waals surface area (Å²) in [6.45, 7) is 4.58. The van der Waals surface area contributed by atoms with Gasteiger partial charge in [-0.2, -0.15) is 11.8 Å². The maximum Gasteiger partial charge on any atom is 0.0376 e. The summed E-state index contributed by atoms with van der Waals surface area (Å²) in [5.74, 6) is 1.91. The molecule has 2 atom stereocenters. The molecule has 3 heteroatoms. The van der Waals surface area contributed by atoms with Gasteiger partial charge in [0.1, 0.15) is 0 Å². The maximum absolute atomic E-state index is 3.51. The van der Waals surface area contributed by atoms with Crippen molar-refractivity contribution in [1.29, 1.82) is 0 Å². The van der Waals surface area contributed by atoms with Gasteiger partial charge in [0.15, 0.2) is 0 Å². The van der Waals surface area contributed by atoms with Crippen LogP contribution in [0.2, 0.25) is 0 Å². The first-order chi connectivity index (χ1) is 9.26. The molecule has 2 rings (SSSR count). The standard InChI is InChI=1S/C16H26N2S/c1-4-14(12-19-3)18(2)11-13-9-10-17-16-8-6-5-7-15(13)16/h5-8,13-14,17H,4,9-12H2,1-3H3. The third-order valence-corrected chi connectivity index (χ3v) is 4.89. The van der Waals surface area contributed by atoms with E-state index >= 15 is 0 Å². The van der Waals surface area contributed by atoms with Gasteiger partial charge in [0.05, 0.1) is 0 Å². The van der Waals surface area contributed by atoms with Crippen LogP contribution in [0.25, 0.3) is 0 Å². The van der Waals surface area contributed by atoms with E-state index in [1.54, 1.807) is 0 Å². The Kier molecular flexibility index (Phi) is 5.59. The number of thioether (sulfide) groups is 1. The number of rotatable bonds is 6. The van der Waals surface area contributed by atoms with Crippen LogP contribution in [0, 0.1) is 0 Å². The van der Waals surface area contributed by atoms with Crippen molar-refractivity contribution in [1.82, 2.24) is 4.90 Å². The number of para-hydroxylation sites is 1. The minimum absolute atomic E-state index is 0.679. The van der Waals surface area contributed by atoms with Crippen LogP contribution in [0.3, 0.4) is 0 Å². The molecule has 1 N–H and O–H groups in total. The molecule has 0 radical (unpaired) electrons. The molecular formula is C16H26N2S. The molecule has 0 fully saturated rings. The van der Waals surface area contributed by atoms with Crippen LogP contribution in [-0.2, 0) is 0 Å². The molecule has 0 aromatic heterocycles. The zero-order chi connectivity index (χ0) is 13.7. The highest BCUT2D eigenvalue weighted by molar-refractivity contribution is 7.98. The number of hydrogen-bond donors (Lipinski definition) is 1. The molecule has 1 heterocycles. The van der Waals surface area contributed by atoms with Gasteiger partial charge in [-0.1, -0.05) is 25.1 Å². The van der Waals surface area contributed by atoms with Crippen LogP contribution in [0.15, 0.2) is 24.3 Å².